The Morgan fingerprint density at radius 2 is 1.69 bits per heavy atom. The van der Waals surface area contributed by atoms with Crippen LogP contribution in [0.4, 0.5) is 5.69 Å². The number of hydrogen-bond donors (Lipinski definition) is 0. The summed E-state index contributed by atoms with van der Waals surface area (Å²) in [4.78, 5) is 33.7. The van der Waals surface area contributed by atoms with E-state index < -0.39 is 0 Å². The topological polar surface area (TPSA) is 76.8 Å². The summed E-state index contributed by atoms with van der Waals surface area (Å²) in [6, 6.07) is 24.7. The summed E-state index contributed by atoms with van der Waals surface area (Å²) < 4.78 is 7.14. The number of rotatable bonds is 6. The van der Waals surface area contributed by atoms with Gasteiger partial charge in [0.1, 0.15) is 16.9 Å². The van der Waals surface area contributed by atoms with Gasteiger partial charge in [-0.15, -0.1) is 5.10 Å². The molecule has 176 valence electrons. The Morgan fingerprint density at radius 3 is 2.44 bits per heavy atom. The maximum absolute atomic E-state index is 13.6. The van der Waals surface area contributed by atoms with Gasteiger partial charge in [-0.3, -0.25) is 9.59 Å². The molecular weight excluding hydrogens is 472 g/mol. The molecule has 6 rings (SSSR count). The normalized spacial score (nSPS) is 14.3. The average molecular weight is 493 g/mol. The number of hydrogen-bond acceptors (Lipinski definition) is 6. The number of anilines is 1. The quantitative estimate of drug-likeness (QED) is 0.337. The van der Waals surface area contributed by atoms with Gasteiger partial charge in [0.25, 0.3) is 11.5 Å². The number of para-hydroxylation sites is 1. The van der Waals surface area contributed by atoms with E-state index in [0.29, 0.717) is 39.8 Å². The van der Waals surface area contributed by atoms with Gasteiger partial charge >= 0.3 is 0 Å². The van der Waals surface area contributed by atoms with Crippen LogP contribution in [0.1, 0.15) is 11.1 Å². The van der Waals surface area contributed by atoms with Crippen molar-refractivity contribution in [3.8, 4) is 17.1 Å². The van der Waals surface area contributed by atoms with E-state index in [1.807, 2.05) is 78.9 Å². The Kier molecular flexibility index (Phi) is 5.42. The molecule has 0 saturated carbocycles. The lowest BCUT2D eigenvalue weighted by molar-refractivity contribution is -0.113. The second-order valence-corrected chi connectivity index (χ2v) is 9.24. The Balaban J connectivity index is 1.41. The molecule has 3 aromatic carbocycles. The van der Waals surface area contributed by atoms with Crippen LogP contribution in [0.5, 0.6) is 5.75 Å². The van der Waals surface area contributed by atoms with Crippen LogP contribution < -0.4 is 19.7 Å². The van der Waals surface area contributed by atoms with Crippen molar-refractivity contribution in [2.75, 3.05) is 11.5 Å². The number of carbonyl (C=O) groups excluding carboxylic acids is 1. The molecule has 2 aromatic heterocycles. The van der Waals surface area contributed by atoms with E-state index in [1.165, 1.54) is 15.9 Å². The maximum Gasteiger partial charge on any atom is 0.291 e. The molecule has 0 unspecified atom stereocenters. The number of thiazole rings is 1. The van der Waals surface area contributed by atoms with Crippen molar-refractivity contribution in [3.05, 3.63) is 118 Å². The molecule has 1 amide bonds. The van der Waals surface area contributed by atoms with Crippen LogP contribution in [0.25, 0.3) is 21.9 Å². The number of benzene rings is 3. The molecule has 5 aromatic rings. The predicted molar refractivity (Wildman–Crippen MR) is 140 cm³/mol. The van der Waals surface area contributed by atoms with Crippen LogP contribution in [0.3, 0.4) is 0 Å². The Bertz CT molecular complexity index is 1720. The molecule has 0 bridgehead atoms. The van der Waals surface area contributed by atoms with Crippen LogP contribution in [-0.2, 0) is 11.3 Å². The van der Waals surface area contributed by atoms with Gasteiger partial charge < -0.3 is 9.64 Å². The summed E-state index contributed by atoms with van der Waals surface area (Å²) in [5.41, 5.74) is 3.36. The van der Waals surface area contributed by atoms with Gasteiger partial charge in [-0.1, -0.05) is 72.5 Å². The highest BCUT2D eigenvalue weighted by Crippen LogP contribution is 2.36. The molecule has 36 heavy (non-hydrogen) atoms. The Hall–Kier alpha value is -4.56. The fourth-order valence-corrected chi connectivity index (χ4v) is 5.28. The van der Waals surface area contributed by atoms with Crippen molar-refractivity contribution in [1.82, 2.24) is 14.6 Å². The summed E-state index contributed by atoms with van der Waals surface area (Å²) in [7, 11) is 0. The number of ether oxygens (including phenoxy) is 1. The molecule has 3 heterocycles. The fraction of sp³-hybridized carbons (Fsp3) is 0.0714. The van der Waals surface area contributed by atoms with Gasteiger partial charge in [-0.05, 0) is 35.9 Å². The molecule has 0 fully saturated rings. The third kappa shape index (κ3) is 3.68. The number of carbonyl (C=O) groups is 1. The number of aromatic nitrogens is 3. The molecule has 1 aliphatic rings. The zero-order valence-corrected chi connectivity index (χ0v) is 19.9. The first-order chi connectivity index (χ1) is 17.6. The van der Waals surface area contributed by atoms with E-state index in [-0.39, 0.29) is 11.5 Å². The van der Waals surface area contributed by atoms with Crippen molar-refractivity contribution in [2.45, 2.75) is 6.54 Å². The largest absolute Gasteiger partial charge is 0.490 e. The maximum atomic E-state index is 13.6. The van der Waals surface area contributed by atoms with Crippen molar-refractivity contribution in [1.29, 1.82) is 0 Å². The van der Waals surface area contributed by atoms with Crippen LogP contribution in [0.2, 0.25) is 0 Å². The molecule has 0 aliphatic carbocycles. The monoisotopic (exact) mass is 492 g/mol. The summed E-state index contributed by atoms with van der Waals surface area (Å²) in [6.45, 7) is 4.48. The van der Waals surface area contributed by atoms with Crippen molar-refractivity contribution >= 4 is 33.5 Å². The minimum Gasteiger partial charge on any atom is -0.490 e. The third-order valence-electron chi connectivity index (χ3n) is 5.97. The van der Waals surface area contributed by atoms with Crippen LogP contribution in [0.15, 0.2) is 96.3 Å². The molecule has 7 nitrogen and oxygen atoms in total. The first kappa shape index (κ1) is 21.9. The van der Waals surface area contributed by atoms with Crippen LogP contribution in [0, 0.1) is 0 Å². The van der Waals surface area contributed by atoms with Crippen LogP contribution in [-0.4, -0.2) is 27.1 Å². The zero-order chi connectivity index (χ0) is 24.6. The highest BCUT2D eigenvalue weighted by molar-refractivity contribution is 7.15. The van der Waals surface area contributed by atoms with Crippen molar-refractivity contribution in [2.24, 2.45) is 0 Å². The molecule has 8 heteroatoms. The third-order valence-corrected chi connectivity index (χ3v) is 7.00. The second-order valence-electron chi connectivity index (χ2n) is 8.26. The van der Waals surface area contributed by atoms with Crippen molar-refractivity contribution < 1.29 is 9.53 Å². The molecule has 0 atom stereocenters. The van der Waals surface area contributed by atoms with E-state index in [4.69, 9.17) is 4.74 Å². The minimum absolute atomic E-state index is 0.197. The summed E-state index contributed by atoms with van der Waals surface area (Å²) >= 11 is 1.18. The number of nitrogens with zero attached hydrogens (tertiary/aromatic N) is 4. The second kappa shape index (κ2) is 8.90. The predicted octanol–water partition coefficient (Wildman–Crippen LogP) is 3.85. The average Bonchev–Trinajstić information content (AvgIpc) is 3.55. The minimum atomic E-state index is -0.348. The number of amides is 1. The summed E-state index contributed by atoms with van der Waals surface area (Å²) in [5, 5.41) is 4.44. The number of fused-ring (bicyclic) bond motifs is 2. The van der Waals surface area contributed by atoms with E-state index in [1.54, 1.807) is 11.0 Å². The highest BCUT2D eigenvalue weighted by Gasteiger charge is 2.34. The fourth-order valence-electron chi connectivity index (χ4n) is 4.29. The lowest BCUT2D eigenvalue weighted by Crippen LogP contribution is -2.32. The molecule has 0 saturated heterocycles. The lowest BCUT2D eigenvalue weighted by Gasteiger charge is -2.17. The van der Waals surface area contributed by atoms with E-state index in [9.17, 15) is 9.59 Å². The van der Waals surface area contributed by atoms with Gasteiger partial charge in [0.15, 0.2) is 5.82 Å². The Morgan fingerprint density at radius 1 is 0.944 bits per heavy atom. The summed E-state index contributed by atoms with van der Waals surface area (Å²) in [6.07, 6.45) is 1.68. The highest BCUT2D eigenvalue weighted by atomic mass is 32.1. The van der Waals surface area contributed by atoms with Gasteiger partial charge in [0.05, 0.1) is 17.8 Å². The van der Waals surface area contributed by atoms with E-state index in [0.717, 1.165) is 22.4 Å². The SMILES string of the molecule is C=CCOc1ccc(-c2nc3sc(=C4C(=O)N(Cc5ccccc5)c5ccccc54)c(=O)n3n2)cc1. The molecule has 0 radical (unpaired) electrons. The van der Waals surface area contributed by atoms with Gasteiger partial charge in [-0.2, -0.15) is 9.50 Å². The first-order valence-electron chi connectivity index (χ1n) is 11.4. The lowest BCUT2D eigenvalue weighted by atomic mass is 10.1. The van der Waals surface area contributed by atoms with Crippen molar-refractivity contribution in [3.63, 3.8) is 0 Å². The molecule has 0 N–H and O–H groups in total. The van der Waals surface area contributed by atoms with Gasteiger partial charge in [-0.25, -0.2) is 0 Å². The Labute approximate surface area is 210 Å². The van der Waals surface area contributed by atoms with Gasteiger partial charge in [0.2, 0.25) is 4.96 Å². The zero-order valence-electron chi connectivity index (χ0n) is 19.1. The molecule has 1 aliphatic heterocycles. The summed E-state index contributed by atoms with van der Waals surface area (Å²) in [5.74, 6) is 0.951. The van der Waals surface area contributed by atoms with E-state index >= 15 is 0 Å². The van der Waals surface area contributed by atoms with Gasteiger partial charge in [0, 0.05) is 11.1 Å². The molecule has 0 spiro atoms. The molecular formula is C28H20N4O3S. The first-order valence-corrected chi connectivity index (χ1v) is 12.2. The van der Waals surface area contributed by atoms with E-state index in [2.05, 4.69) is 16.7 Å². The smallest absolute Gasteiger partial charge is 0.291 e. The van der Waals surface area contributed by atoms with Crippen LogP contribution >= 0.6 is 11.3 Å². The standard InChI is InChI=1S/C28H20N4O3S/c1-2-16-35-20-14-12-19(13-15-20)25-29-28-32(30-25)27(34)24(36-28)23-21-10-6-7-11-22(21)31(26(23)33)17-18-8-4-3-5-9-18/h2-15H,1,16-17H2.